The lowest BCUT2D eigenvalue weighted by Crippen LogP contribution is -2.01. The van der Waals surface area contributed by atoms with E-state index in [-0.39, 0.29) is 0 Å². The zero-order valence-electron chi connectivity index (χ0n) is 12.3. The Kier molecular flexibility index (Phi) is 4.81. The predicted molar refractivity (Wildman–Crippen MR) is 84.8 cm³/mol. The van der Waals surface area contributed by atoms with Crippen LogP contribution in [-0.2, 0) is 6.42 Å². The molecule has 0 aliphatic rings. The molecule has 0 unspecified atom stereocenters. The summed E-state index contributed by atoms with van der Waals surface area (Å²) in [7, 11) is 4.82. The van der Waals surface area contributed by atoms with Gasteiger partial charge in [-0.25, -0.2) is 0 Å². The second kappa shape index (κ2) is 6.59. The Labute approximate surface area is 129 Å². The van der Waals surface area contributed by atoms with Crippen molar-refractivity contribution in [3.05, 3.63) is 46.5 Å². The number of methoxy groups -OCH3 is 3. The Morgan fingerprint density at radius 2 is 1.57 bits per heavy atom. The van der Waals surface area contributed by atoms with Gasteiger partial charge < -0.3 is 19.9 Å². The maximum Gasteiger partial charge on any atom is 0.129 e. The number of halogens is 1. The van der Waals surface area contributed by atoms with Gasteiger partial charge >= 0.3 is 0 Å². The molecule has 0 atom stereocenters. The summed E-state index contributed by atoms with van der Waals surface area (Å²) in [6, 6.07) is 9.04. The minimum atomic E-state index is 0.558. The van der Waals surface area contributed by atoms with Crippen LogP contribution in [0.3, 0.4) is 0 Å². The first-order chi connectivity index (χ1) is 10.1. The maximum absolute atomic E-state index is 6.04. The molecule has 0 heterocycles. The van der Waals surface area contributed by atoms with Gasteiger partial charge in [0.25, 0.3) is 0 Å². The number of hydrogen-bond donors (Lipinski definition) is 1. The Morgan fingerprint density at radius 3 is 2.10 bits per heavy atom. The largest absolute Gasteiger partial charge is 0.496 e. The van der Waals surface area contributed by atoms with E-state index in [0.717, 1.165) is 11.1 Å². The van der Waals surface area contributed by atoms with Crippen molar-refractivity contribution in [2.24, 2.45) is 0 Å². The molecular weight excluding hydrogens is 290 g/mol. The average Bonchev–Trinajstić information content (AvgIpc) is 2.50. The van der Waals surface area contributed by atoms with Crippen LogP contribution in [-0.4, -0.2) is 21.3 Å². The van der Waals surface area contributed by atoms with Crippen molar-refractivity contribution < 1.29 is 14.2 Å². The molecular formula is C16H18ClNO3. The van der Waals surface area contributed by atoms with Gasteiger partial charge in [-0.05, 0) is 23.8 Å². The van der Waals surface area contributed by atoms with Crippen LogP contribution in [0.4, 0.5) is 5.69 Å². The fourth-order valence-electron chi connectivity index (χ4n) is 2.17. The lowest BCUT2D eigenvalue weighted by Gasteiger charge is -2.16. The minimum absolute atomic E-state index is 0.558. The molecule has 4 nitrogen and oxygen atoms in total. The third kappa shape index (κ3) is 3.34. The van der Waals surface area contributed by atoms with Gasteiger partial charge in [0.2, 0.25) is 0 Å². The molecule has 21 heavy (non-hydrogen) atoms. The van der Waals surface area contributed by atoms with E-state index in [9.17, 15) is 0 Å². The van der Waals surface area contributed by atoms with Crippen LogP contribution < -0.4 is 19.9 Å². The standard InChI is InChI=1S/C16H18ClNO3/c1-19-12-8-15(20-2)13(16(9-12)21-3)7-10-6-11(17)4-5-14(10)18/h4-6,8-9H,7,18H2,1-3H3. The van der Waals surface area contributed by atoms with E-state index in [1.165, 1.54) is 0 Å². The average molecular weight is 308 g/mol. The quantitative estimate of drug-likeness (QED) is 0.858. The molecule has 0 aliphatic carbocycles. The summed E-state index contributed by atoms with van der Waals surface area (Å²) < 4.78 is 16.1. The van der Waals surface area contributed by atoms with Crippen molar-refractivity contribution in [3.63, 3.8) is 0 Å². The lowest BCUT2D eigenvalue weighted by molar-refractivity contribution is 0.370. The number of nitrogens with two attached hydrogens (primary N) is 1. The monoisotopic (exact) mass is 307 g/mol. The van der Waals surface area contributed by atoms with Gasteiger partial charge in [-0.1, -0.05) is 11.6 Å². The Balaban J connectivity index is 2.49. The van der Waals surface area contributed by atoms with Gasteiger partial charge in [-0.3, -0.25) is 0 Å². The molecule has 0 amide bonds. The predicted octanol–water partition coefficient (Wildman–Crippen LogP) is 3.54. The summed E-state index contributed by atoms with van der Waals surface area (Å²) >= 11 is 6.04. The topological polar surface area (TPSA) is 53.7 Å². The van der Waals surface area contributed by atoms with E-state index in [1.807, 2.05) is 18.2 Å². The van der Waals surface area contributed by atoms with E-state index >= 15 is 0 Å². The lowest BCUT2D eigenvalue weighted by atomic mass is 10.0. The molecule has 0 aliphatic heterocycles. The summed E-state index contributed by atoms with van der Waals surface area (Å²) in [6.07, 6.45) is 0.558. The van der Waals surface area contributed by atoms with E-state index < -0.39 is 0 Å². The van der Waals surface area contributed by atoms with E-state index in [2.05, 4.69) is 0 Å². The minimum Gasteiger partial charge on any atom is -0.496 e. The highest BCUT2D eigenvalue weighted by Gasteiger charge is 2.15. The smallest absolute Gasteiger partial charge is 0.129 e. The number of ether oxygens (including phenoxy) is 3. The van der Waals surface area contributed by atoms with Crippen LogP contribution in [0.5, 0.6) is 17.2 Å². The summed E-state index contributed by atoms with van der Waals surface area (Å²) in [5.41, 5.74) is 8.51. The van der Waals surface area contributed by atoms with Crippen molar-refractivity contribution in [2.75, 3.05) is 27.1 Å². The molecule has 5 heteroatoms. The third-order valence-electron chi connectivity index (χ3n) is 3.29. The molecule has 2 aromatic rings. The second-order valence-electron chi connectivity index (χ2n) is 4.53. The number of nitrogen functional groups attached to an aromatic ring is 1. The normalized spacial score (nSPS) is 10.3. The van der Waals surface area contributed by atoms with Crippen LogP contribution in [0.15, 0.2) is 30.3 Å². The molecule has 0 saturated carbocycles. The molecule has 0 fully saturated rings. The first kappa shape index (κ1) is 15.3. The van der Waals surface area contributed by atoms with Crippen LogP contribution >= 0.6 is 11.6 Å². The molecule has 2 aromatic carbocycles. The van der Waals surface area contributed by atoms with Crippen molar-refractivity contribution in [1.82, 2.24) is 0 Å². The Morgan fingerprint density at radius 1 is 0.952 bits per heavy atom. The second-order valence-corrected chi connectivity index (χ2v) is 4.97. The van der Waals surface area contributed by atoms with E-state index in [1.54, 1.807) is 33.5 Å². The summed E-state index contributed by atoms with van der Waals surface area (Å²) in [5.74, 6) is 2.04. The molecule has 112 valence electrons. The zero-order chi connectivity index (χ0) is 15.4. The highest BCUT2D eigenvalue weighted by molar-refractivity contribution is 6.30. The van der Waals surface area contributed by atoms with Gasteiger partial charge in [0, 0.05) is 34.8 Å². The van der Waals surface area contributed by atoms with Crippen molar-refractivity contribution in [2.45, 2.75) is 6.42 Å². The highest BCUT2D eigenvalue weighted by atomic mass is 35.5. The third-order valence-corrected chi connectivity index (χ3v) is 3.52. The number of benzene rings is 2. The van der Waals surface area contributed by atoms with Crippen molar-refractivity contribution >= 4 is 17.3 Å². The Hall–Kier alpha value is -2.07. The first-order valence-electron chi connectivity index (χ1n) is 6.41. The molecule has 0 saturated heterocycles. The fourth-order valence-corrected chi connectivity index (χ4v) is 2.36. The Bertz CT molecular complexity index is 618. The summed E-state index contributed by atoms with van der Waals surface area (Å²) in [4.78, 5) is 0. The number of hydrogen-bond acceptors (Lipinski definition) is 4. The molecule has 0 aromatic heterocycles. The number of anilines is 1. The maximum atomic E-state index is 6.04. The van der Waals surface area contributed by atoms with E-state index in [4.69, 9.17) is 31.5 Å². The highest BCUT2D eigenvalue weighted by Crippen LogP contribution is 2.36. The molecule has 0 spiro atoms. The molecule has 2 N–H and O–H groups in total. The van der Waals surface area contributed by atoms with Crippen molar-refractivity contribution in [3.8, 4) is 17.2 Å². The van der Waals surface area contributed by atoms with Gasteiger partial charge in [-0.2, -0.15) is 0 Å². The van der Waals surface area contributed by atoms with Gasteiger partial charge in [-0.15, -0.1) is 0 Å². The van der Waals surface area contributed by atoms with Crippen molar-refractivity contribution in [1.29, 1.82) is 0 Å². The zero-order valence-corrected chi connectivity index (χ0v) is 13.0. The molecule has 0 radical (unpaired) electrons. The first-order valence-corrected chi connectivity index (χ1v) is 6.79. The van der Waals surface area contributed by atoms with Gasteiger partial charge in [0.1, 0.15) is 17.2 Å². The van der Waals surface area contributed by atoms with Crippen LogP contribution in [0, 0.1) is 0 Å². The van der Waals surface area contributed by atoms with Crippen LogP contribution in [0.2, 0.25) is 5.02 Å². The fraction of sp³-hybridized carbons (Fsp3) is 0.250. The summed E-state index contributed by atoms with van der Waals surface area (Å²) in [5, 5.41) is 0.644. The van der Waals surface area contributed by atoms with E-state index in [0.29, 0.717) is 34.4 Å². The van der Waals surface area contributed by atoms with Gasteiger partial charge in [0.15, 0.2) is 0 Å². The number of rotatable bonds is 5. The summed E-state index contributed by atoms with van der Waals surface area (Å²) in [6.45, 7) is 0. The SMILES string of the molecule is COc1cc(OC)c(Cc2cc(Cl)ccc2N)c(OC)c1. The van der Waals surface area contributed by atoms with Gasteiger partial charge in [0.05, 0.1) is 21.3 Å². The van der Waals surface area contributed by atoms with Crippen LogP contribution in [0.1, 0.15) is 11.1 Å². The van der Waals surface area contributed by atoms with Crippen LogP contribution in [0.25, 0.3) is 0 Å². The molecule has 0 bridgehead atoms. The molecule has 2 rings (SSSR count).